The highest BCUT2D eigenvalue weighted by Gasteiger charge is 2.84. The first-order valence-electron chi connectivity index (χ1n) is 16.5. The van der Waals surface area contributed by atoms with Gasteiger partial charge in [-0.05, 0) is 83.1 Å². The summed E-state index contributed by atoms with van der Waals surface area (Å²) in [5, 5.41) is 75.4. The van der Waals surface area contributed by atoms with Crippen molar-refractivity contribution in [1.82, 2.24) is 5.23 Å². The number of likely N-dealkylation sites (tertiary alicyclic amines) is 3. The van der Waals surface area contributed by atoms with Crippen LogP contribution in [0.5, 0.6) is 0 Å². The van der Waals surface area contributed by atoms with Gasteiger partial charge in [-0.1, -0.05) is 0 Å². The van der Waals surface area contributed by atoms with E-state index in [-0.39, 0.29) is 38.5 Å². The molecule has 0 unspecified atom stereocenters. The number of rotatable bonds is 9. The topological polar surface area (TPSA) is 184 Å². The van der Waals surface area contributed by atoms with E-state index in [1.54, 1.807) is 0 Å². The van der Waals surface area contributed by atoms with Gasteiger partial charge in [-0.15, -0.1) is 13.8 Å². The quantitative estimate of drug-likeness (QED) is 0.257. The number of carbonyl (C=O) groups excluding carboxylic acids is 3. The maximum absolute atomic E-state index is 13.2. The standard InChI is InChI=1S/C33H60N4O9/c1-28(2)13-22(38)14-29(3,4)35(28,19-25(41)42)34(36(20-26(43)44)30(5,6)15-23(39)16-31(36,7)8)37(21-27(45)46)32(9,10)17-24(40)18-33(37,11)12/h22-24,38-40H,13-21H2,1-12H3. The fourth-order valence-corrected chi connectivity index (χ4v) is 11.3. The molecule has 3 aliphatic rings. The van der Waals surface area contributed by atoms with Gasteiger partial charge in [0.05, 0.1) is 36.2 Å². The lowest BCUT2D eigenvalue weighted by atomic mass is 9.73. The van der Waals surface area contributed by atoms with Crippen molar-refractivity contribution in [3.63, 3.8) is 0 Å². The molecule has 266 valence electrons. The minimum atomic E-state index is -1.43. The molecule has 3 fully saturated rings. The molecule has 0 aromatic heterocycles. The van der Waals surface area contributed by atoms with Crippen molar-refractivity contribution in [2.24, 2.45) is 0 Å². The Kier molecular flexibility index (Phi) is 9.52. The van der Waals surface area contributed by atoms with Crippen molar-refractivity contribution < 1.29 is 58.8 Å². The van der Waals surface area contributed by atoms with E-state index in [0.29, 0.717) is 0 Å². The molecule has 0 bridgehead atoms. The van der Waals surface area contributed by atoms with E-state index in [4.69, 9.17) is 0 Å². The molecule has 3 N–H and O–H groups in total. The third-order valence-corrected chi connectivity index (χ3v) is 12.4. The third-order valence-electron chi connectivity index (χ3n) is 12.4. The minimum absolute atomic E-state index is 0.115. The van der Waals surface area contributed by atoms with Crippen molar-refractivity contribution in [1.29, 1.82) is 0 Å². The van der Waals surface area contributed by atoms with Crippen LogP contribution in [0.1, 0.15) is 122 Å². The van der Waals surface area contributed by atoms with Gasteiger partial charge >= 0.3 is 0 Å². The van der Waals surface area contributed by atoms with Crippen LogP contribution >= 0.6 is 0 Å². The van der Waals surface area contributed by atoms with E-state index < -0.39 is 103 Å². The SMILES string of the molecule is CC1(C)CC(O)CC(C)(C)[N+]1(CC(=O)[O-])N([N+]1(CC(=O)[O-])C(C)(C)CC(O)CC1(C)C)[N+]1(CC(=O)[O-])C(C)(C)CC(O)CC1(C)C. The predicted molar refractivity (Wildman–Crippen MR) is 162 cm³/mol. The molecule has 0 radical (unpaired) electrons. The fraction of sp³-hybridized carbons (Fsp3) is 0.909. The van der Waals surface area contributed by atoms with Crippen LogP contribution in [0.4, 0.5) is 0 Å². The van der Waals surface area contributed by atoms with Gasteiger partial charge in [-0.25, -0.2) is 0 Å². The van der Waals surface area contributed by atoms with Gasteiger partial charge in [0, 0.05) is 38.5 Å². The Morgan fingerprint density at radius 2 is 0.630 bits per heavy atom. The molecule has 0 aromatic carbocycles. The van der Waals surface area contributed by atoms with Crippen molar-refractivity contribution in [2.45, 2.75) is 173 Å². The van der Waals surface area contributed by atoms with Crippen molar-refractivity contribution in [3.05, 3.63) is 0 Å². The van der Waals surface area contributed by atoms with Crippen LogP contribution in [0, 0.1) is 0 Å². The van der Waals surface area contributed by atoms with E-state index in [1.165, 1.54) is 0 Å². The van der Waals surface area contributed by atoms with Crippen molar-refractivity contribution in [2.75, 3.05) is 19.6 Å². The average molecular weight is 657 g/mol. The largest absolute Gasteiger partial charge is 0.544 e. The highest BCUT2D eigenvalue weighted by atomic mass is 16.4. The number of carboxylic acid groups (broad SMARTS) is 3. The molecule has 0 aliphatic carbocycles. The second-order valence-corrected chi connectivity index (χ2v) is 18.2. The summed E-state index contributed by atoms with van der Waals surface area (Å²) < 4.78 is -1.48. The molecule has 0 atom stereocenters. The lowest BCUT2D eigenvalue weighted by Gasteiger charge is -2.77. The fourth-order valence-electron chi connectivity index (χ4n) is 11.3. The summed E-state index contributed by atoms with van der Waals surface area (Å²) >= 11 is 0. The van der Waals surface area contributed by atoms with Crippen LogP contribution in [-0.4, -0.2) is 123 Å². The summed E-state index contributed by atoms with van der Waals surface area (Å²) in [4.78, 5) is 39.7. The van der Waals surface area contributed by atoms with E-state index in [2.05, 4.69) is 0 Å². The molecular formula is C33H60N4O9. The molecule has 0 amide bonds. The molecule has 46 heavy (non-hydrogen) atoms. The summed E-state index contributed by atoms with van der Waals surface area (Å²) in [6.45, 7) is 19.9. The van der Waals surface area contributed by atoms with Gasteiger partial charge in [0.1, 0.15) is 52.9 Å². The Labute approximate surface area is 274 Å². The first kappa shape index (κ1) is 38.6. The lowest BCUT2D eigenvalue weighted by Crippen LogP contribution is -3.02. The number of carbonyl (C=O) groups is 3. The Balaban J connectivity index is 2.87. The minimum Gasteiger partial charge on any atom is -0.544 e. The summed E-state index contributed by atoms with van der Waals surface area (Å²) in [5.41, 5.74) is -6.92. The lowest BCUT2D eigenvalue weighted by molar-refractivity contribution is -1.48. The number of aliphatic hydroxyl groups is 3. The zero-order chi connectivity index (χ0) is 35.9. The summed E-state index contributed by atoms with van der Waals surface area (Å²) in [5.74, 6) is -4.29. The second-order valence-electron chi connectivity index (χ2n) is 18.2. The summed E-state index contributed by atoms with van der Waals surface area (Å²) in [6.07, 6.45) is -1.82. The van der Waals surface area contributed by atoms with E-state index in [9.17, 15) is 45.0 Å². The number of quaternary nitrogens is 3. The van der Waals surface area contributed by atoms with Crippen LogP contribution in [0.15, 0.2) is 0 Å². The van der Waals surface area contributed by atoms with Crippen LogP contribution in [-0.2, 0) is 14.4 Å². The zero-order valence-corrected chi connectivity index (χ0v) is 30.2. The third kappa shape index (κ3) is 5.38. The molecule has 0 aromatic rings. The highest BCUT2D eigenvalue weighted by molar-refractivity contribution is 5.66. The molecule has 13 nitrogen and oxygen atoms in total. The molecule has 0 spiro atoms. The summed E-state index contributed by atoms with van der Waals surface area (Å²) in [7, 11) is 0. The number of hydrogen-bond acceptors (Lipinski definition) is 10. The monoisotopic (exact) mass is 656 g/mol. The van der Waals surface area contributed by atoms with Crippen LogP contribution in [0.3, 0.4) is 0 Å². The smallest absolute Gasteiger partial charge is 0.174 e. The maximum Gasteiger partial charge on any atom is 0.174 e. The number of piperidine rings is 3. The van der Waals surface area contributed by atoms with Gasteiger partial charge in [-0.2, -0.15) is 0 Å². The Morgan fingerprint density at radius 3 is 0.761 bits per heavy atom. The maximum atomic E-state index is 13.2. The second kappa shape index (κ2) is 11.3. The number of aliphatic carboxylic acids is 3. The zero-order valence-electron chi connectivity index (χ0n) is 30.2. The van der Waals surface area contributed by atoms with E-state index in [0.717, 1.165) is 0 Å². The molecule has 13 heteroatoms. The number of hydrogen-bond donors (Lipinski definition) is 3. The first-order chi connectivity index (χ1) is 20.4. The molecule has 3 rings (SSSR count). The van der Waals surface area contributed by atoms with Gasteiger partial charge in [-0.3, -0.25) is 0 Å². The van der Waals surface area contributed by atoms with E-state index in [1.807, 2.05) is 88.3 Å². The molecule has 3 aliphatic heterocycles. The van der Waals surface area contributed by atoms with Gasteiger partial charge in [0.15, 0.2) is 5.23 Å². The first-order valence-corrected chi connectivity index (χ1v) is 16.5. The molecule has 3 heterocycles. The molecule has 3 saturated heterocycles. The number of aliphatic hydroxyl groups excluding tert-OH is 3. The molecular weight excluding hydrogens is 596 g/mol. The van der Waals surface area contributed by atoms with Gasteiger partial charge in [0.25, 0.3) is 0 Å². The Hall–Kier alpha value is -1.87. The van der Waals surface area contributed by atoms with Crippen LogP contribution in [0.25, 0.3) is 0 Å². The van der Waals surface area contributed by atoms with Crippen molar-refractivity contribution in [3.8, 4) is 0 Å². The van der Waals surface area contributed by atoms with Crippen LogP contribution in [0.2, 0.25) is 0 Å². The highest BCUT2D eigenvalue weighted by Crippen LogP contribution is 2.61. The van der Waals surface area contributed by atoms with Crippen LogP contribution < -0.4 is 15.3 Å². The predicted octanol–water partition coefficient (Wildman–Crippen LogP) is -1.13. The summed E-state index contributed by atoms with van der Waals surface area (Å²) in [6, 6.07) is 0. The number of carboxylic acids is 3. The van der Waals surface area contributed by atoms with Crippen molar-refractivity contribution >= 4 is 17.9 Å². The van der Waals surface area contributed by atoms with Gasteiger partial charge in [0.2, 0.25) is 0 Å². The normalized spacial score (nSPS) is 39.0. The average Bonchev–Trinajstić information content (AvgIpc) is 2.75. The van der Waals surface area contributed by atoms with Gasteiger partial charge < -0.3 is 45.0 Å². The Bertz CT molecular complexity index is 1020. The number of nitrogens with zero attached hydrogens (tertiary/aromatic N) is 4. The van der Waals surface area contributed by atoms with E-state index >= 15 is 0 Å². The molecule has 0 saturated carbocycles. The Morgan fingerprint density at radius 1 is 0.478 bits per heavy atom.